The van der Waals surface area contributed by atoms with Crippen molar-refractivity contribution in [3.8, 4) is 11.5 Å². The van der Waals surface area contributed by atoms with Crippen molar-refractivity contribution >= 4 is 28.7 Å². The molecule has 4 aromatic rings. The third-order valence-corrected chi connectivity index (χ3v) is 5.24. The maximum Gasteiger partial charge on any atom is 0.249 e. The highest BCUT2D eigenvalue weighted by molar-refractivity contribution is 5.94. The second-order valence-corrected chi connectivity index (χ2v) is 7.38. The van der Waals surface area contributed by atoms with Crippen molar-refractivity contribution in [2.24, 2.45) is 0 Å². The summed E-state index contributed by atoms with van der Waals surface area (Å²) < 4.78 is 13.0. The van der Waals surface area contributed by atoms with E-state index in [9.17, 15) is 4.79 Å². The maximum absolute atomic E-state index is 13.4. The van der Waals surface area contributed by atoms with Gasteiger partial charge in [0.2, 0.25) is 5.91 Å². The smallest absolute Gasteiger partial charge is 0.249 e. The first kappa shape index (κ1) is 19.8. The van der Waals surface area contributed by atoms with Crippen molar-refractivity contribution in [2.45, 2.75) is 6.54 Å². The van der Waals surface area contributed by atoms with Crippen LogP contribution in [0.15, 0.2) is 78.9 Å². The molecule has 0 saturated heterocycles. The standard InChI is InChI=1S/C25H22N4O3/c30-25(18-29-22-11-5-4-10-21(22)26-27-29)28(14-6-9-19-7-2-1-3-8-19)20-12-13-23-24(17-20)32-16-15-31-23/h1-13,17H,14-16,18H2. The average Bonchev–Trinajstić information content (AvgIpc) is 3.25. The van der Waals surface area contributed by atoms with Gasteiger partial charge in [0.05, 0.1) is 5.52 Å². The van der Waals surface area contributed by atoms with Crippen LogP contribution in [0.25, 0.3) is 17.1 Å². The van der Waals surface area contributed by atoms with E-state index in [1.165, 1.54) is 0 Å². The first-order valence-electron chi connectivity index (χ1n) is 10.5. The van der Waals surface area contributed by atoms with Gasteiger partial charge < -0.3 is 14.4 Å². The van der Waals surface area contributed by atoms with Gasteiger partial charge in [-0.2, -0.15) is 0 Å². The molecule has 1 aromatic heterocycles. The normalized spacial score (nSPS) is 12.9. The molecule has 0 radical (unpaired) electrons. The quantitative estimate of drug-likeness (QED) is 0.467. The van der Waals surface area contributed by atoms with E-state index in [0.717, 1.165) is 22.3 Å². The van der Waals surface area contributed by atoms with Crippen LogP contribution in [0.4, 0.5) is 5.69 Å². The summed E-state index contributed by atoms with van der Waals surface area (Å²) in [6.07, 6.45) is 3.98. The Kier molecular flexibility index (Phi) is 5.53. The van der Waals surface area contributed by atoms with Gasteiger partial charge in [0, 0.05) is 18.3 Å². The van der Waals surface area contributed by atoms with Gasteiger partial charge in [0.25, 0.3) is 0 Å². The summed E-state index contributed by atoms with van der Waals surface area (Å²) in [5.41, 5.74) is 3.39. The summed E-state index contributed by atoms with van der Waals surface area (Å²) in [5.74, 6) is 1.23. The van der Waals surface area contributed by atoms with Gasteiger partial charge in [-0.25, -0.2) is 4.68 Å². The second kappa shape index (κ2) is 8.93. The Morgan fingerprint density at radius 1 is 0.969 bits per heavy atom. The van der Waals surface area contributed by atoms with Crippen LogP contribution in [0, 0.1) is 0 Å². The van der Waals surface area contributed by atoms with E-state index < -0.39 is 0 Å². The molecule has 0 aliphatic carbocycles. The zero-order valence-electron chi connectivity index (χ0n) is 17.4. The van der Waals surface area contributed by atoms with Crippen molar-refractivity contribution in [2.75, 3.05) is 24.7 Å². The van der Waals surface area contributed by atoms with E-state index in [-0.39, 0.29) is 12.5 Å². The molecule has 3 aromatic carbocycles. The Morgan fingerprint density at radius 2 is 1.75 bits per heavy atom. The van der Waals surface area contributed by atoms with Gasteiger partial charge in [-0.3, -0.25) is 4.79 Å². The average molecular weight is 426 g/mol. The Balaban J connectivity index is 1.43. The fourth-order valence-corrected chi connectivity index (χ4v) is 3.66. The first-order chi connectivity index (χ1) is 15.8. The minimum absolute atomic E-state index is 0.0775. The van der Waals surface area contributed by atoms with Gasteiger partial charge in [-0.15, -0.1) is 5.10 Å². The number of benzene rings is 3. The number of amides is 1. The number of ether oxygens (including phenoxy) is 2. The van der Waals surface area contributed by atoms with Gasteiger partial charge in [-0.1, -0.05) is 59.8 Å². The number of carbonyl (C=O) groups excluding carboxylic acids is 1. The lowest BCUT2D eigenvalue weighted by molar-refractivity contribution is -0.119. The molecule has 0 saturated carbocycles. The van der Waals surface area contributed by atoms with Crippen molar-refractivity contribution in [3.63, 3.8) is 0 Å². The predicted molar refractivity (Wildman–Crippen MR) is 123 cm³/mol. The number of aromatic nitrogens is 3. The molecule has 32 heavy (non-hydrogen) atoms. The fourth-order valence-electron chi connectivity index (χ4n) is 3.66. The van der Waals surface area contributed by atoms with E-state index in [1.807, 2.05) is 84.9 Å². The molecule has 7 nitrogen and oxygen atoms in total. The Bertz CT molecular complexity index is 1270. The minimum Gasteiger partial charge on any atom is -0.486 e. The van der Waals surface area contributed by atoms with Crippen LogP contribution in [0.5, 0.6) is 11.5 Å². The molecule has 0 N–H and O–H groups in total. The number of anilines is 1. The molecule has 1 amide bonds. The molecule has 0 unspecified atom stereocenters. The van der Waals surface area contributed by atoms with E-state index >= 15 is 0 Å². The van der Waals surface area contributed by atoms with E-state index in [1.54, 1.807) is 9.58 Å². The second-order valence-electron chi connectivity index (χ2n) is 7.38. The van der Waals surface area contributed by atoms with Gasteiger partial charge in [0.1, 0.15) is 25.3 Å². The van der Waals surface area contributed by atoms with Crippen LogP contribution in [0.1, 0.15) is 5.56 Å². The molecule has 0 fully saturated rings. The molecular weight excluding hydrogens is 404 g/mol. The predicted octanol–water partition coefficient (Wildman–Crippen LogP) is 3.95. The van der Waals surface area contributed by atoms with E-state index in [0.29, 0.717) is 31.3 Å². The number of rotatable bonds is 6. The molecule has 2 heterocycles. The number of nitrogens with zero attached hydrogens (tertiary/aromatic N) is 4. The van der Waals surface area contributed by atoms with Crippen LogP contribution in [-0.2, 0) is 11.3 Å². The molecular formula is C25H22N4O3. The highest BCUT2D eigenvalue weighted by Gasteiger charge is 2.20. The van der Waals surface area contributed by atoms with Gasteiger partial charge >= 0.3 is 0 Å². The Morgan fingerprint density at radius 3 is 2.62 bits per heavy atom. The van der Waals surface area contributed by atoms with E-state index in [4.69, 9.17) is 9.47 Å². The minimum atomic E-state index is -0.102. The summed E-state index contributed by atoms with van der Waals surface area (Å²) in [5, 5.41) is 8.32. The Hall–Kier alpha value is -4.13. The Labute approximate surface area is 185 Å². The number of hydrogen-bond donors (Lipinski definition) is 0. The number of para-hydroxylation sites is 1. The lowest BCUT2D eigenvalue weighted by Gasteiger charge is -2.24. The summed E-state index contributed by atoms with van der Waals surface area (Å²) in [7, 11) is 0. The number of carbonyl (C=O) groups is 1. The monoisotopic (exact) mass is 426 g/mol. The van der Waals surface area contributed by atoms with E-state index in [2.05, 4.69) is 10.3 Å². The van der Waals surface area contributed by atoms with Gasteiger partial charge in [0.15, 0.2) is 11.5 Å². The van der Waals surface area contributed by atoms with Crippen LogP contribution in [0.3, 0.4) is 0 Å². The van der Waals surface area contributed by atoms with Crippen molar-refractivity contribution in [1.82, 2.24) is 15.0 Å². The summed E-state index contributed by atoms with van der Waals surface area (Å²) in [6.45, 7) is 1.49. The molecule has 160 valence electrons. The molecule has 0 spiro atoms. The lowest BCUT2D eigenvalue weighted by atomic mass is 10.2. The zero-order valence-corrected chi connectivity index (χ0v) is 17.4. The maximum atomic E-state index is 13.4. The van der Waals surface area contributed by atoms with Crippen molar-refractivity contribution in [3.05, 3.63) is 84.4 Å². The van der Waals surface area contributed by atoms with Gasteiger partial charge in [-0.05, 0) is 29.8 Å². The van der Waals surface area contributed by atoms with Crippen molar-refractivity contribution in [1.29, 1.82) is 0 Å². The summed E-state index contributed by atoms with van der Waals surface area (Å²) in [4.78, 5) is 15.1. The molecule has 5 rings (SSSR count). The van der Waals surface area contributed by atoms with Crippen LogP contribution in [0.2, 0.25) is 0 Å². The molecule has 0 atom stereocenters. The van der Waals surface area contributed by atoms with Crippen LogP contribution >= 0.6 is 0 Å². The fraction of sp³-hybridized carbons (Fsp3) is 0.160. The third-order valence-electron chi connectivity index (χ3n) is 5.24. The largest absolute Gasteiger partial charge is 0.486 e. The van der Waals surface area contributed by atoms with Crippen LogP contribution in [-0.4, -0.2) is 40.7 Å². The highest BCUT2D eigenvalue weighted by Crippen LogP contribution is 2.34. The first-order valence-corrected chi connectivity index (χ1v) is 10.5. The highest BCUT2D eigenvalue weighted by atomic mass is 16.6. The molecule has 0 bridgehead atoms. The lowest BCUT2D eigenvalue weighted by Crippen LogP contribution is -2.34. The van der Waals surface area contributed by atoms with Crippen LogP contribution < -0.4 is 14.4 Å². The molecule has 1 aliphatic heterocycles. The van der Waals surface area contributed by atoms with Crippen molar-refractivity contribution < 1.29 is 14.3 Å². The summed E-state index contributed by atoms with van der Waals surface area (Å²) in [6, 6.07) is 23.2. The third kappa shape index (κ3) is 4.18. The number of hydrogen-bond acceptors (Lipinski definition) is 5. The summed E-state index contributed by atoms with van der Waals surface area (Å²) >= 11 is 0. The molecule has 1 aliphatic rings. The zero-order chi connectivity index (χ0) is 21.8. The molecule has 7 heteroatoms. The SMILES string of the molecule is O=C(Cn1nnc2ccccc21)N(CC=Cc1ccccc1)c1ccc2c(c1)OCCO2. The number of fused-ring (bicyclic) bond motifs is 2. The topological polar surface area (TPSA) is 69.5 Å².